The normalized spacial score (nSPS) is 11.1. The quantitative estimate of drug-likeness (QED) is 0.288. The van der Waals surface area contributed by atoms with Crippen LogP contribution in [0, 0.1) is 0 Å². The van der Waals surface area contributed by atoms with Gasteiger partial charge in [-0.3, -0.25) is 0 Å². The van der Waals surface area contributed by atoms with E-state index in [9.17, 15) is 0 Å². The number of hydrogen-bond acceptors (Lipinski definition) is 3. The van der Waals surface area contributed by atoms with Crippen LogP contribution in [0.1, 0.15) is 11.1 Å². The van der Waals surface area contributed by atoms with E-state index in [-0.39, 0.29) is 0 Å². The van der Waals surface area contributed by atoms with Gasteiger partial charge in [0.05, 0.1) is 11.0 Å². The minimum absolute atomic E-state index is 0.811. The minimum atomic E-state index is 0.811. The van der Waals surface area contributed by atoms with Crippen molar-refractivity contribution in [3.63, 3.8) is 0 Å². The van der Waals surface area contributed by atoms with Gasteiger partial charge in [-0.1, -0.05) is 72.8 Å². The lowest BCUT2D eigenvalue weighted by Gasteiger charge is -2.21. The summed E-state index contributed by atoms with van der Waals surface area (Å²) in [5.74, 6) is 0. The Labute approximate surface area is 189 Å². The standard InChI is InChI=1S/C29H27N3/c1-31(26-15-5-3-6-16-26)20-24-13-9-11-22-19-23-12-10-14-25(29(23)30-28(22)24)21-32(2)27-17-7-4-8-18-27/h3-19H,20-21H2,1-2H3. The highest BCUT2D eigenvalue weighted by molar-refractivity contribution is 5.95. The summed E-state index contributed by atoms with van der Waals surface area (Å²) in [5.41, 5.74) is 7.05. The Bertz CT molecular complexity index is 1240. The molecule has 1 aromatic heterocycles. The van der Waals surface area contributed by atoms with Crippen LogP contribution in [-0.2, 0) is 13.1 Å². The maximum atomic E-state index is 5.22. The molecule has 0 atom stereocenters. The Balaban J connectivity index is 1.54. The van der Waals surface area contributed by atoms with Crippen LogP contribution in [0.5, 0.6) is 0 Å². The van der Waals surface area contributed by atoms with Crippen molar-refractivity contribution in [2.24, 2.45) is 0 Å². The molecule has 0 fully saturated rings. The van der Waals surface area contributed by atoms with E-state index in [0.29, 0.717) is 0 Å². The van der Waals surface area contributed by atoms with E-state index in [1.54, 1.807) is 0 Å². The van der Waals surface area contributed by atoms with Gasteiger partial charge in [0.1, 0.15) is 0 Å². The van der Waals surface area contributed by atoms with Crippen molar-refractivity contribution < 1.29 is 0 Å². The van der Waals surface area contributed by atoms with E-state index < -0.39 is 0 Å². The van der Waals surface area contributed by atoms with E-state index >= 15 is 0 Å². The largest absolute Gasteiger partial charge is 0.370 e. The van der Waals surface area contributed by atoms with Crippen molar-refractivity contribution >= 4 is 33.2 Å². The van der Waals surface area contributed by atoms with Gasteiger partial charge in [0.25, 0.3) is 0 Å². The molecule has 32 heavy (non-hydrogen) atoms. The Morgan fingerprint density at radius 1 is 0.531 bits per heavy atom. The van der Waals surface area contributed by atoms with Crippen LogP contribution in [0.3, 0.4) is 0 Å². The number of pyridine rings is 1. The Morgan fingerprint density at radius 3 is 1.41 bits per heavy atom. The first-order valence-corrected chi connectivity index (χ1v) is 11.0. The maximum Gasteiger partial charge on any atom is 0.0759 e. The predicted octanol–water partition coefficient (Wildman–Crippen LogP) is 6.66. The fourth-order valence-electron chi connectivity index (χ4n) is 4.32. The van der Waals surface area contributed by atoms with Crippen molar-refractivity contribution in [2.75, 3.05) is 23.9 Å². The molecule has 0 saturated carbocycles. The first-order valence-electron chi connectivity index (χ1n) is 11.0. The summed E-state index contributed by atoms with van der Waals surface area (Å²) in [6.45, 7) is 1.62. The van der Waals surface area contributed by atoms with Gasteiger partial charge in [-0.05, 0) is 41.5 Å². The summed E-state index contributed by atoms with van der Waals surface area (Å²) in [5, 5.41) is 2.37. The number of benzene rings is 4. The highest BCUT2D eigenvalue weighted by Crippen LogP contribution is 2.27. The van der Waals surface area contributed by atoms with Gasteiger partial charge in [0.2, 0.25) is 0 Å². The van der Waals surface area contributed by atoms with Crippen LogP contribution in [0.25, 0.3) is 21.8 Å². The molecule has 4 aromatic carbocycles. The minimum Gasteiger partial charge on any atom is -0.370 e. The molecular formula is C29H27N3. The zero-order valence-corrected chi connectivity index (χ0v) is 18.6. The lowest BCUT2D eigenvalue weighted by molar-refractivity contribution is 0.923. The van der Waals surface area contributed by atoms with Crippen molar-refractivity contribution in [1.29, 1.82) is 0 Å². The van der Waals surface area contributed by atoms with Gasteiger partial charge >= 0.3 is 0 Å². The van der Waals surface area contributed by atoms with Crippen LogP contribution in [0.4, 0.5) is 11.4 Å². The van der Waals surface area contributed by atoms with Crippen molar-refractivity contribution in [2.45, 2.75) is 13.1 Å². The topological polar surface area (TPSA) is 19.4 Å². The third-order valence-corrected chi connectivity index (χ3v) is 6.05. The van der Waals surface area contributed by atoms with Gasteiger partial charge in [0, 0.05) is 49.3 Å². The molecule has 0 aliphatic carbocycles. The van der Waals surface area contributed by atoms with Gasteiger partial charge in [-0.25, -0.2) is 4.98 Å². The fraction of sp³-hybridized carbons (Fsp3) is 0.138. The molecule has 0 saturated heterocycles. The number of nitrogens with zero attached hydrogens (tertiary/aromatic N) is 3. The Hall–Kier alpha value is -3.85. The summed E-state index contributed by atoms with van der Waals surface area (Å²) in [7, 11) is 4.27. The molecule has 5 aromatic rings. The highest BCUT2D eigenvalue weighted by atomic mass is 15.1. The van der Waals surface area contributed by atoms with Gasteiger partial charge in [-0.2, -0.15) is 0 Å². The number of aromatic nitrogens is 1. The van der Waals surface area contributed by atoms with Crippen molar-refractivity contribution in [1.82, 2.24) is 4.98 Å². The van der Waals surface area contributed by atoms with Gasteiger partial charge in [-0.15, -0.1) is 0 Å². The first-order chi connectivity index (χ1) is 15.7. The van der Waals surface area contributed by atoms with Crippen molar-refractivity contribution in [3.8, 4) is 0 Å². The molecule has 0 aliphatic heterocycles. The maximum absolute atomic E-state index is 5.22. The second kappa shape index (κ2) is 8.72. The number of anilines is 2. The second-order valence-electron chi connectivity index (χ2n) is 8.35. The van der Waals surface area contributed by atoms with Crippen LogP contribution in [0.15, 0.2) is 103 Å². The third-order valence-electron chi connectivity index (χ3n) is 6.05. The fourth-order valence-corrected chi connectivity index (χ4v) is 4.32. The molecule has 0 radical (unpaired) electrons. The number of fused-ring (bicyclic) bond motifs is 2. The average Bonchev–Trinajstić information content (AvgIpc) is 2.84. The third kappa shape index (κ3) is 4.02. The highest BCUT2D eigenvalue weighted by Gasteiger charge is 2.11. The van der Waals surface area contributed by atoms with E-state index in [2.05, 4.69) is 127 Å². The monoisotopic (exact) mass is 417 g/mol. The molecule has 0 unspecified atom stereocenters. The lowest BCUT2D eigenvalue weighted by Crippen LogP contribution is -2.17. The molecule has 1 heterocycles. The summed E-state index contributed by atoms with van der Waals surface area (Å²) in [6.07, 6.45) is 0. The average molecular weight is 418 g/mol. The molecule has 0 N–H and O–H groups in total. The van der Waals surface area contributed by atoms with E-state index in [1.807, 2.05) is 0 Å². The van der Waals surface area contributed by atoms with Crippen molar-refractivity contribution in [3.05, 3.63) is 114 Å². The molecule has 0 bridgehead atoms. The van der Waals surface area contributed by atoms with Crippen LogP contribution < -0.4 is 9.80 Å². The molecule has 0 amide bonds. The summed E-state index contributed by atoms with van der Waals surface area (Å²) in [4.78, 5) is 9.76. The predicted molar refractivity (Wildman–Crippen MR) is 136 cm³/mol. The van der Waals surface area contributed by atoms with E-state index in [1.165, 1.54) is 33.3 Å². The SMILES string of the molecule is CN(Cc1cccc2cc3cccc(CN(C)c4ccccc4)c3nc12)c1ccccc1. The molecular weight excluding hydrogens is 390 g/mol. The zero-order valence-electron chi connectivity index (χ0n) is 18.6. The number of hydrogen-bond donors (Lipinski definition) is 0. The summed E-state index contributed by atoms with van der Waals surface area (Å²) < 4.78 is 0. The van der Waals surface area contributed by atoms with Crippen LogP contribution >= 0.6 is 0 Å². The molecule has 3 heteroatoms. The zero-order chi connectivity index (χ0) is 21.9. The molecule has 5 rings (SSSR count). The Morgan fingerprint density at radius 2 is 0.969 bits per heavy atom. The molecule has 158 valence electrons. The second-order valence-corrected chi connectivity index (χ2v) is 8.35. The van der Waals surface area contributed by atoms with Crippen LogP contribution in [-0.4, -0.2) is 19.1 Å². The Kier molecular flexibility index (Phi) is 5.47. The van der Waals surface area contributed by atoms with E-state index in [4.69, 9.17) is 4.98 Å². The molecule has 0 aliphatic rings. The molecule has 3 nitrogen and oxygen atoms in total. The smallest absolute Gasteiger partial charge is 0.0759 e. The number of para-hydroxylation sites is 4. The first kappa shape index (κ1) is 20.1. The summed E-state index contributed by atoms with van der Waals surface area (Å²) >= 11 is 0. The molecule has 0 spiro atoms. The lowest BCUT2D eigenvalue weighted by atomic mass is 10.0. The van der Waals surface area contributed by atoms with Crippen LogP contribution in [0.2, 0.25) is 0 Å². The number of rotatable bonds is 6. The van der Waals surface area contributed by atoms with E-state index in [0.717, 1.165) is 24.1 Å². The van der Waals surface area contributed by atoms with Gasteiger partial charge in [0.15, 0.2) is 0 Å². The summed E-state index contributed by atoms with van der Waals surface area (Å²) in [6, 6.07) is 36.3. The van der Waals surface area contributed by atoms with Gasteiger partial charge < -0.3 is 9.80 Å².